The van der Waals surface area contributed by atoms with Crippen LogP contribution in [0.15, 0.2) is 42.7 Å². The molecule has 0 aliphatic carbocycles. The van der Waals surface area contributed by atoms with Crippen molar-refractivity contribution in [2.45, 2.75) is 13.0 Å². The third-order valence-corrected chi connectivity index (χ3v) is 5.13. The van der Waals surface area contributed by atoms with Crippen molar-refractivity contribution in [1.82, 2.24) is 20.3 Å². The number of nitriles is 1. The van der Waals surface area contributed by atoms with Gasteiger partial charge in [0, 0.05) is 31.1 Å². The second-order valence-electron chi connectivity index (χ2n) is 7.12. The van der Waals surface area contributed by atoms with Crippen molar-refractivity contribution in [2.24, 2.45) is 0 Å². The van der Waals surface area contributed by atoms with Gasteiger partial charge in [-0.3, -0.25) is 14.5 Å². The Labute approximate surface area is 188 Å². The number of halogens is 1. The molecule has 1 aromatic carbocycles. The maximum absolute atomic E-state index is 12.9. The number of ether oxygens (including phenoxy) is 1. The molecule has 1 N–H and O–H groups in total. The summed E-state index contributed by atoms with van der Waals surface area (Å²) in [5.74, 6) is -0.447. The van der Waals surface area contributed by atoms with E-state index in [1.165, 1.54) is 17.3 Å². The first-order valence-electron chi connectivity index (χ1n) is 9.58. The van der Waals surface area contributed by atoms with Crippen LogP contribution in [0.3, 0.4) is 0 Å². The highest BCUT2D eigenvalue weighted by molar-refractivity contribution is 6.30. The van der Waals surface area contributed by atoms with Gasteiger partial charge >= 0.3 is 0 Å². The van der Waals surface area contributed by atoms with Gasteiger partial charge in [0.05, 0.1) is 22.3 Å². The Bertz CT molecular complexity index is 1260. The molecule has 1 aliphatic heterocycles. The summed E-state index contributed by atoms with van der Waals surface area (Å²) >= 11 is 5.96. The Morgan fingerprint density at radius 2 is 2.03 bits per heavy atom. The van der Waals surface area contributed by atoms with Crippen molar-refractivity contribution in [3.63, 3.8) is 0 Å². The second kappa shape index (κ2) is 8.61. The van der Waals surface area contributed by atoms with Gasteiger partial charge in [0.1, 0.15) is 12.6 Å². The minimum Gasteiger partial charge on any atom is -0.487 e. The van der Waals surface area contributed by atoms with Crippen LogP contribution in [-0.2, 0) is 4.79 Å². The van der Waals surface area contributed by atoms with E-state index in [-0.39, 0.29) is 12.4 Å². The van der Waals surface area contributed by atoms with Gasteiger partial charge < -0.3 is 10.1 Å². The van der Waals surface area contributed by atoms with Crippen LogP contribution in [0.5, 0.6) is 5.75 Å². The van der Waals surface area contributed by atoms with E-state index in [4.69, 9.17) is 21.6 Å². The van der Waals surface area contributed by atoms with Gasteiger partial charge in [-0.25, -0.2) is 15.0 Å². The Balaban J connectivity index is 1.56. The minimum atomic E-state index is -0.969. The number of rotatable bonds is 3. The van der Waals surface area contributed by atoms with E-state index in [1.54, 1.807) is 37.4 Å². The first-order valence-corrected chi connectivity index (χ1v) is 9.96. The molecule has 160 valence electrons. The molecule has 9 nitrogen and oxygen atoms in total. The molecule has 10 heteroatoms. The number of carbonyl (C=O) groups is 2. The zero-order valence-corrected chi connectivity index (χ0v) is 17.9. The Kier molecular flexibility index (Phi) is 5.71. The zero-order valence-electron chi connectivity index (χ0n) is 17.2. The highest BCUT2D eigenvalue weighted by atomic mass is 35.5. The molecule has 1 unspecified atom stereocenters. The zero-order chi connectivity index (χ0) is 22.8. The quantitative estimate of drug-likeness (QED) is 0.653. The predicted octanol–water partition coefficient (Wildman–Crippen LogP) is 2.53. The summed E-state index contributed by atoms with van der Waals surface area (Å²) in [5.41, 5.74) is 2.58. The number of aryl methyl sites for hydroxylation is 1. The van der Waals surface area contributed by atoms with Crippen LogP contribution in [-0.4, -0.2) is 46.5 Å². The largest absolute Gasteiger partial charge is 0.487 e. The summed E-state index contributed by atoms with van der Waals surface area (Å²) in [6, 6.07) is 9.50. The lowest BCUT2D eigenvalue weighted by atomic mass is 10.1. The number of nitrogens with zero attached hydrogens (tertiary/aromatic N) is 5. The number of carbonyl (C=O) groups excluding carboxylic acids is 2. The van der Waals surface area contributed by atoms with Crippen LogP contribution in [0.4, 0.5) is 5.82 Å². The molecular formula is C22H17ClN6O3. The number of aromatic nitrogens is 3. The van der Waals surface area contributed by atoms with Crippen LogP contribution in [0, 0.1) is 18.3 Å². The van der Waals surface area contributed by atoms with Crippen LogP contribution >= 0.6 is 11.6 Å². The number of fused-ring (bicyclic) bond motifs is 1. The normalized spacial score (nSPS) is 15.2. The van der Waals surface area contributed by atoms with E-state index in [0.717, 1.165) is 11.1 Å². The first-order chi connectivity index (χ1) is 15.4. The third kappa shape index (κ3) is 4.08. The summed E-state index contributed by atoms with van der Waals surface area (Å²) in [6.45, 7) is 1.72. The van der Waals surface area contributed by atoms with Crippen molar-refractivity contribution in [3.8, 4) is 23.1 Å². The molecule has 1 aliphatic rings. The lowest BCUT2D eigenvalue weighted by Crippen LogP contribution is -2.49. The monoisotopic (exact) mass is 448 g/mol. The maximum Gasteiger partial charge on any atom is 0.289 e. The van der Waals surface area contributed by atoms with E-state index in [0.29, 0.717) is 27.8 Å². The van der Waals surface area contributed by atoms with Gasteiger partial charge in [0.2, 0.25) is 5.82 Å². The van der Waals surface area contributed by atoms with Crippen molar-refractivity contribution in [3.05, 3.63) is 64.7 Å². The molecule has 2 aromatic heterocycles. The maximum atomic E-state index is 12.9. The first kappa shape index (κ1) is 21.2. The number of benzene rings is 1. The topological polar surface area (TPSA) is 121 Å². The Hall–Kier alpha value is -4.03. The number of likely N-dealkylation sites (N-methyl/N-ethyl adjacent to an activating group) is 1. The highest BCUT2D eigenvalue weighted by Gasteiger charge is 2.32. The number of nitrogens with one attached hydrogen (secondary N) is 1. The van der Waals surface area contributed by atoms with Gasteiger partial charge in [-0.1, -0.05) is 23.7 Å². The van der Waals surface area contributed by atoms with Crippen LogP contribution in [0.25, 0.3) is 11.3 Å². The fourth-order valence-electron chi connectivity index (χ4n) is 3.23. The van der Waals surface area contributed by atoms with Crippen molar-refractivity contribution < 1.29 is 14.3 Å². The minimum absolute atomic E-state index is 0.0895. The fraction of sp³-hybridized carbons (Fsp3) is 0.182. The van der Waals surface area contributed by atoms with Crippen LogP contribution < -0.4 is 15.0 Å². The molecule has 0 spiro atoms. The summed E-state index contributed by atoms with van der Waals surface area (Å²) in [6.07, 6.45) is 2.95. The lowest BCUT2D eigenvalue weighted by molar-refractivity contribution is -0.120. The number of anilines is 1. The summed E-state index contributed by atoms with van der Waals surface area (Å²) in [5, 5.41) is 12.0. The van der Waals surface area contributed by atoms with E-state index < -0.39 is 17.9 Å². The van der Waals surface area contributed by atoms with Gasteiger partial charge in [-0.15, -0.1) is 0 Å². The molecule has 0 bridgehead atoms. The number of pyridine rings is 1. The van der Waals surface area contributed by atoms with Gasteiger partial charge in [0.15, 0.2) is 11.6 Å². The molecule has 0 saturated heterocycles. The van der Waals surface area contributed by atoms with Crippen molar-refractivity contribution >= 4 is 29.2 Å². The molecular weight excluding hydrogens is 432 g/mol. The SMILES string of the molecule is Cc1cnc(C(=O)NC2COc3cc(Cl)cnc3N(C)C2=O)nc1-c1ccc(C#N)cc1. The van der Waals surface area contributed by atoms with E-state index in [9.17, 15) is 9.59 Å². The van der Waals surface area contributed by atoms with Crippen molar-refractivity contribution in [2.75, 3.05) is 18.6 Å². The van der Waals surface area contributed by atoms with Gasteiger partial charge in [-0.05, 0) is 24.6 Å². The Morgan fingerprint density at radius 1 is 1.28 bits per heavy atom. The van der Waals surface area contributed by atoms with Crippen LogP contribution in [0.2, 0.25) is 5.02 Å². The van der Waals surface area contributed by atoms with Crippen molar-refractivity contribution in [1.29, 1.82) is 5.26 Å². The number of hydrogen-bond acceptors (Lipinski definition) is 7. The molecule has 4 rings (SSSR count). The summed E-state index contributed by atoms with van der Waals surface area (Å²) in [7, 11) is 1.54. The number of hydrogen-bond donors (Lipinski definition) is 1. The molecule has 3 heterocycles. The smallest absolute Gasteiger partial charge is 0.289 e. The van der Waals surface area contributed by atoms with E-state index in [1.807, 2.05) is 6.92 Å². The average Bonchev–Trinajstić information content (AvgIpc) is 2.91. The fourth-order valence-corrected chi connectivity index (χ4v) is 3.37. The third-order valence-electron chi connectivity index (χ3n) is 4.92. The second-order valence-corrected chi connectivity index (χ2v) is 7.56. The van der Waals surface area contributed by atoms with E-state index in [2.05, 4.69) is 26.3 Å². The number of amides is 2. The predicted molar refractivity (Wildman–Crippen MR) is 116 cm³/mol. The standard InChI is InChI=1S/C22H17ClN6O3/c1-12-9-25-19(28-18(12)14-5-3-13(8-24)4-6-14)21(30)27-16-11-32-17-7-15(23)10-26-20(17)29(2)22(16)31/h3-7,9-10,16H,11H2,1-2H3,(H,27,30). The molecule has 0 saturated carbocycles. The summed E-state index contributed by atoms with van der Waals surface area (Å²) < 4.78 is 5.66. The molecule has 2 amide bonds. The van der Waals surface area contributed by atoms with Gasteiger partial charge in [-0.2, -0.15) is 5.26 Å². The lowest BCUT2D eigenvalue weighted by Gasteiger charge is -2.19. The molecule has 3 aromatic rings. The highest BCUT2D eigenvalue weighted by Crippen LogP contribution is 2.30. The summed E-state index contributed by atoms with van der Waals surface area (Å²) in [4.78, 5) is 39.6. The average molecular weight is 449 g/mol. The van der Waals surface area contributed by atoms with Gasteiger partial charge in [0.25, 0.3) is 11.8 Å². The van der Waals surface area contributed by atoms with Crippen LogP contribution in [0.1, 0.15) is 21.7 Å². The van der Waals surface area contributed by atoms with E-state index >= 15 is 0 Å². The Morgan fingerprint density at radius 3 is 2.75 bits per heavy atom. The molecule has 0 fully saturated rings. The molecule has 1 atom stereocenters. The molecule has 32 heavy (non-hydrogen) atoms. The molecule has 0 radical (unpaired) electrons.